The molecule has 1 aromatic carbocycles. The summed E-state index contributed by atoms with van der Waals surface area (Å²) < 4.78 is 19.0. The zero-order valence-electron chi connectivity index (χ0n) is 13.9. The van der Waals surface area contributed by atoms with Gasteiger partial charge in [0, 0.05) is 18.8 Å². The molecule has 0 spiro atoms. The van der Waals surface area contributed by atoms with E-state index in [2.05, 4.69) is 26.6 Å². The lowest BCUT2D eigenvalue weighted by Gasteiger charge is -2.22. The van der Waals surface area contributed by atoms with E-state index in [0.717, 1.165) is 0 Å². The van der Waals surface area contributed by atoms with Crippen LogP contribution < -0.4 is 10.6 Å². The topological polar surface area (TPSA) is 70.7 Å². The van der Waals surface area contributed by atoms with Gasteiger partial charge in [-0.25, -0.2) is 14.0 Å². The summed E-state index contributed by atoms with van der Waals surface area (Å²) in [7, 11) is 0. The van der Waals surface area contributed by atoms with E-state index in [9.17, 15) is 14.0 Å². The zero-order chi connectivity index (χ0) is 17.9. The van der Waals surface area contributed by atoms with Crippen molar-refractivity contribution in [2.45, 2.75) is 38.8 Å². The molecule has 1 aromatic rings. The Morgan fingerprint density at radius 1 is 1.38 bits per heavy atom. The highest BCUT2D eigenvalue weighted by Gasteiger charge is 2.28. The molecule has 24 heavy (non-hydrogen) atoms. The Balaban J connectivity index is 1.85. The number of nitrogens with zero attached hydrogens (tertiary/aromatic N) is 1. The third kappa shape index (κ3) is 5.36. The van der Waals surface area contributed by atoms with Crippen molar-refractivity contribution in [2.75, 3.05) is 18.4 Å². The van der Waals surface area contributed by atoms with E-state index >= 15 is 0 Å². The second-order valence-corrected chi connectivity index (χ2v) is 7.49. The van der Waals surface area contributed by atoms with E-state index in [0.29, 0.717) is 29.7 Å². The van der Waals surface area contributed by atoms with Crippen molar-refractivity contribution in [2.24, 2.45) is 0 Å². The number of rotatable bonds is 2. The SMILES string of the molecule is CC(C)(C)OC(=O)NC1CCN(C(=O)Nc2ccc(Br)c(F)c2)C1. The molecule has 2 N–H and O–H groups in total. The van der Waals surface area contributed by atoms with Gasteiger partial charge in [-0.2, -0.15) is 0 Å². The Kier molecular flexibility index (Phi) is 5.69. The lowest BCUT2D eigenvalue weighted by atomic mass is 10.2. The average molecular weight is 402 g/mol. The monoisotopic (exact) mass is 401 g/mol. The predicted molar refractivity (Wildman–Crippen MR) is 92.5 cm³/mol. The molecule has 8 heteroatoms. The first-order valence-corrected chi connectivity index (χ1v) is 8.44. The molecule has 0 bridgehead atoms. The van der Waals surface area contributed by atoms with Crippen molar-refractivity contribution in [3.05, 3.63) is 28.5 Å². The first kappa shape index (κ1) is 18.5. The van der Waals surface area contributed by atoms with E-state index in [4.69, 9.17) is 4.74 Å². The smallest absolute Gasteiger partial charge is 0.407 e. The Bertz CT molecular complexity index is 633. The summed E-state index contributed by atoms with van der Waals surface area (Å²) in [5.74, 6) is -0.446. The van der Waals surface area contributed by atoms with Gasteiger partial charge in [0.05, 0.1) is 10.5 Å². The van der Waals surface area contributed by atoms with Gasteiger partial charge in [0.15, 0.2) is 0 Å². The lowest BCUT2D eigenvalue weighted by molar-refractivity contribution is 0.0506. The Labute approximate surface area is 148 Å². The van der Waals surface area contributed by atoms with Crippen LogP contribution in [0.25, 0.3) is 0 Å². The maximum Gasteiger partial charge on any atom is 0.407 e. The Morgan fingerprint density at radius 2 is 2.08 bits per heavy atom. The van der Waals surface area contributed by atoms with Gasteiger partial charge >= 0.3 is 12.1 Å². The van der Waals surface area contributed by atoms with Crippen LogP contribution in [0, 0.1) is 5.82 Å². The van der Waals surface area contributed by atoms with Crippen LogP contribution in [0.5, 0.6) is 0 Å². The normalized spacial score (nSPS) is 17.5. The molecule has 1 aliphatic heterocycles. The van der Waals surface area contributed by atoms with Gasteiger partial charge in [0.2, 0.25) is 0 Å². The van der Waals surface area contributed by atoms with Crippen molar-refractivity contribution in [3.8, 4) is 0 Å². The fourth-order valence-corrected chi connectivity index (χ4v) is 2.56. The second kappa shape index (κ2) is 7.38. The number of hydrogen-bond acceptors (Lipinski definition) is 3. The summed E-state index contributed by atoms with van der Waals surface area (Å²) in [6, 6.07) is 3.89. The summed E-state index contributed by atoms with van der Waals surface area (Å²) in [5, 5.41) is 5.40. The largest absolute Gasteiger partial charge is 0.444 e. The minimum atomic E-state index is -0.564. The first-order valence-electron chi connectivity index (χ1n) is 7.64. The minimum Gasteiger partial charge on any atom is -0.444 e. The van der Waals surface area contributed by atoms with Crippen molar-refractivity contribution >= 4 is 33.7 Å². The second-order valence-electron chi connectivity index (χ2n) is 6.64. The molecule has 1 fully saturated rings. The molecule has 0 saturated carbocycles. The van der Waals surface area contributed by atoms with Crippen molar-refractivity contribution in [3.63, 3.8) is 0 Å². The van der Waals surface area contributed by atoms with Crippen LogP contribution in [0.1, 0.15) is 27.2 Å². The third-order valence-electron chi connectivity index (χ3n) is 3.37. The molecule has 1 unspecified atom stereocenters. The third-order valence-corrected chi connectivity index (χ3v) is 4.01. The number of alkyl carbamates (subject to hydrolysis) is 1. The number of urea groups is 1. The number of anilines is 1. The van der Waals surface area contributed by atoms with Crippen LogP contribution in [-0.2, 0) is 4.74 Å². The fourth-order valence-electron chi connectivity index (χ4n) is 2.31. The lowest BCUT2D eigenvalue weighted by Crippen LogP contribution is -2.42. The molecule has 1 atom stereocenters. The first-order chi connectivity index (χ1) is 11.1. The fraction of sp³-hybridized carbons (Fsp3) is 0.500. The number of carbonyl (C=O) groups excluding carboxylic acids is 2. The number of carbonyl (C=O) groups is 2. The molecule has 3 amide bonds. The molecule has 1 heterocycles. The van der Waals surface area contributed by atoms with Crippen molar-refractivity contribution < 1.29 is 18.7 Å². The minimum absolute atomic E-state index is 0.160. The maximum atomic E-state index is 13.5. The van der Waals surface area contributed by atoms with E-state index < -0.39 is 17.5 Å². The van der Waals surface area contributed by atoms with Crippen LogP contribution in [0.15, 0.2) is 22.7 Å². The summed E-state index contributed by atoms with van der Waals surface area (Å²) in [5.41, 5.74) is -0.185. The Morgan fingerprint density at radius 3 is 2.71 bits per heavy atom. The number of likely N-dealkylation sites (tertiary alicyclic amines) is 1. The molecule has 1 aliphatic rings. The summed E-state index contributed by atoms with van der Waals surface area (Å²) in [4.78, 5) is 25.5. The molecule has 6 nitrogen and oxygen atoms in total. The molecular weight excluding hydrogens is 381 g/mol. The van der Waals surface area contributed by atoms with E-state index in [1.54, 1.807) is 31.7 Å². The summed E-state index contributed by atoms with van der Waals surface area (Å²) >= 11 is 3.06. The van der Waals surface area contributed by atoms with Gasteiger partial charge in [-0.05, 0) is 61.3 Å². The van der Waals surface area contributed by atoms with Gasteiger partial charge in [0.25, 0.3) is 0 Å². The quantitative estimate of drug-likeness (QED) is 0.792. The zero-order valence-corrected chi connectivity index (χ0v) is 15.4. The van der Waals surface area contributed by atoms with Crippen molar-refractivity contribution in [1.82, 2.24) is 10.2 Å². The molecule has 0 aliphatic carbocycles. The van der Waals surface area contributed by atoms with Crippen molar-refractivity contribution in [1.29, 1.82) is 0 Å². The summed E-state index contributed by atoms with van der Waals surface area (Å²) in [6.45, 7) is 6.25. The van der Waals surface area contributed by atoms with Gasteiger partial charge in [-0.1, -0.05) is 0 Å². The number of hydrogen-bond donors (Lipinski definition) is 2. The average Bonchev–Trinajstić information content (AvgIpc) is 2.89. The Hall–Kier alpha value is -1.83. The highest BCUT2D eigenvalue weighted by Crippen LogP contribution is 2.20. The number of ether oxygens (including phenoxy) is 1. The van der Waals surface area contributed by atoms with Gasteiger partial charge in [0.1, 0.15) is 11.4 Å². The molecule has 0 radical (unpaired) electrons. The van der Waals surface area contributed by atoms with Gasteiger partial charge in [-0.15, -0.1) is 0 Å². The van der Waals surface area contributed by atoms with E-state index in [1.807, 2.05) is 0 Å². The number of amides is 3. The van der Waals surface area contributed by atoms with Crippen LogP contribution >= 0.6 is 15.9 Å². The standard InChI is InChI=1S/C16H21BrFN3O3/c1-16(2,3)24-15(23)20-11-6-7-21(9-11)14(22)19-10-4-5-12(17)13(18)8-10/h4-5,8,11H,6-7,9H2,1-3H3,(H,19,22)(H,20,23). The van der Waals surface area contributed by atoms with E-state index in [-0.39, 0.29) is 12.1 Å². The predicted octanol–water partition coefficient (Wildman–Crippen LogP) is 3.72. The maximum absolute atomic E-state index is 13.5. The number of halogens is 2. The summed E-state index contributed by atoms with van der Waals surface area (Å²) in [6.07, 6.45) is 0.145. The molecule has 0 aromatic heterocycles. The van der Waals surface area contributed by atoms with Crippen LogP contribution in [0.2, 0.25) is 0 Å². The molecular formula is C16H21BrFN3O3. The van der Waals surface area contributed by atoms with Crippen LogP contribution in [0.4, 0.5) is 19.7 Å². The van der Waals surface area contributed by atoms with Crippen LogP contribution in [0.3, 0.4) is 0 Å². The highest BCUT2D eigenvalue weighted by atomic mass is 79.9. The molecule has 1 saturated heterocycles. The van der Waals surface area contributed by atoms with Crippen LogP contribution in [-0.4, -0.2) is 41.8 Å². The van der Waals surface area contributed by atoms with E-state index in [1.165, 1.54) is 12.1 Å². The molecule has 2 rings (SSSR count). The number of nitrogens with one attached hydrogen (secondary N) is 2. The highest BCUT2D eigenvalue weighted by molar-refractivity contribution is 9.10. The molecule has 132 valence electrons. The van der Waals surface area contributed by atoms with Gasteiger partial charge in [-0.3, -0.25) is 0 Å². The number of benzene rings is 1. The van der Waals surface area contributed by atoms with Gasteiger partial charge < -0.3 is 20.3 Å².